The monoisotopic (exact) mass is 212 g/mol. The second-order valence-electron chi connectivity index (χ2n) is 3.35. The number of terminal acetylenes is 1. The fraction of sp³-hybridized carbons (Fsp3) is 0.600. The van der Waals surface area contributed by atoms with Crippen molar-refractivity contribution in [2.75, 3.05) is 13.1 Å². The van der Waals surface area contributed by atoms with E-state index in [1.54, 1.807) is 6.92 Å². The summed E-state index contributed by atoms with van der Waals surface area (Å²) in [4.78, 5) is 22.1. The molecule has 0 fully saturated rings. The molecule has 1 amide bonds. The standard InChI is InChI=1S/C10H16N2O3/c1-4-6-11-7-8(13)12-10(3,5-2)9(14)15/h1,11H,5-7H2,2-3H3,(H,12,13)(H,14,15). The Morgan fingerprint density at radius 1 is 1.53 bits per heavy atom. The highest BCUT2D eigenvalue weighted by Gasteiger charge is 2.32. The van der Waals surface area contributed by atoms with E-state index >= 15 is 0 Å². The molecule has 0 aromatic rings. The van der Waals surface area contributed by atoms with Crippen LogP contribution in [0.3, 0.4) is 0 Å². The number of carboxylic acids is 1. The minimum Gasteiger partial charge on any atom is -0.480 e. The average molecular weight is 212 g/mol. The summed E-state index contributed by atoms with van der Waals surface area (Å²) < 4.78 is 0. The van der Waals surface area contributed by atoms with Gasteiger partial charge in [-0.1, -0.05) is 12.8 Å². The first-order valence-electron chi connectivity index (χ1n) is 4.65. The van der Waals surface area contributed by atoms with Crippen LogP contribution in [0, 0.1) is 12.3 Å². The molecule has 0 aromatic carbocycles. The lowest BCUT2D eigenvalue weighted by atomic mass is 9.99. The minimum absolute atomic E-state index is 0.0209. The zero-order chi connectivity index (χ0) is 11.9. The lowest BCUT2D eigenvalue weighted by Gasteiger charge is -2.24. The quantitative estimate of drug-likeness (QED) is 0.413. The third-order valence-electron chi connectivity index (χ3n) is 2.11. The molecular formula is C10H16N2O3. The molecule has 0 spiro atoms. The molecule has 0 saturated carbocycles. The smallest absolute Gasteiger partial charge is 0.329 e. The Morgan fingerprint density at radius 3 is 2.53 bits per heavy atom. The Bertz CT molecular complexity index is 283. The third kappa shape index (κ3) is 4.47. The first-order chi connectivity index (χ1) is 6.96. The van der Waals surface area contributed by atoms with Crippen molar-refractivity contribution >= 4 is 11.9 Å². The Labute approximate surface area is 89.2 Å². The molecule has 15 heavy (non-hydrogen) atoms. The van der Waals surface area contributed by atoms with Crippen LogP contribution in [0.15, 0.2) is 0 Å². The van der Waals surface area contributed by atoms with Crippen LogP contribution >= 0.6 is 0 Å². The Kier molecular flexibility index (Phi) is 5.42. The van der Waals surface area contributed by atoms with Gasteiger partial charge < -0.3 is 10.4 Å². The predicted octanol–water partition coefficient (Wildman–Crippen LogP) is -0.421. The zero-order valence-corrected chi connectivity index (χ0v) is 8.96. The summed E-state index contributed by atoms with van der Waals surface area (Å²) in [6.07, 6.45) is 5.30. The van der Waals surface area contributed by atoms with E-state index < -0.39 is 11.5 Å². The van der Waals surface area contributed by atoms with E-state index in [4.69, 9.17) is 11.5 Å². The van der Waals surface area contributed by atoms with Gasteiger partial charge in [0.25, 0.3) is 0 Å². The van der Waals surface area contributed by atoms with Crippen LogP contribution in [0.5, 0.6) is 0 Å². The van der Waals surface area contributed by atoms with Crippen LogP contribution in [0.25, 0.3) is 0 Å². The molecule has 5 nitrogen and oxygen atoms in total. The van der Waals surface area contributed by atoms with Crippen molar-refractivity contribution in [1.82, 2.24) is 10.6 Å². The topological polar surface area (TPSA) is 78.4 Å². The van der Waals surface area contributed by atoms with Crippen LogP contribution in [0.4, 0.5) is 0 Å². The summed E-state index contributed by atoms with van der Waals surface area (Å²) in [5, 5.41) is 14.0. The summed E-state index contributed by atoms with van der Waals surface area (Å²) in [5.74, 6) is 0.891. The maximum Gasteiger partial charge on any atom is 0.329 e. The SMILES string of the molecule is C#CCNCC(=O)NC(C)(CC)C(=O)O. The number of hydrogen-bond donors (Lipinski definition) is 3. The summed E-state index contributed by atoms with van der Waals surface area (Å²) >= 11 is 0. The lowest BCUT2D eigenvalue weighted by Crippen LogP contribution is -2.53. The molecule has 0 aliphatic heterocycles. The molecule has 0 aliphatic carbocycles. The summed E-state index contributed by atoms with van der Waals surface area (Å²) in [6, 6.07) is 0. The molecule has 84 valence electrons. The lowest BCUT2D eigenvalue weighted by molar-refractivity contribution is -0.146. The van der Waals surface area contributed by atoms with Crippen molar-refractivity contribution in [3.8, 4) is 12.3 Å². The van der Waals surface area contributed by atoms with Crippen LogP contribution in [0.1, 0.15) is 20.3 Å². The van der Waals surface area contributed by atoms with E-state index in [2.05, 4.69) is 16.6 Å². The molecule has 0 aromatic heterocycles. The molecule has 0 saturated heterocycles. The number of carbonyl (C=O) groups is 2. The highest BCUT2D eigenvalue weighted by molar-refractivity contribution is 5.87. The molecule has 1 unspecified atom stereocenters. The van der Waals surface area contributed by atoms with Gasteiger partial charge in [-0.25, -0.2) is 4.79 Å². The van der Waals surface area contributed by atoms with E-state index in [0.717, 1.165) is 0 Å². The van der Waals surface area contributed by atoms with E-state index in [9.17, 15) is 9.59 Å². The molecule has 1 atom stereocenters. The van der Waals surface area contributed by atoms with Gasteiger partial charge in [-0.3, -0.25) is 10.1 Å². The molecule has 0 bridgehead atoms. The largest absolute Gasteiger partial charge is 0.480 e. The summed E-state index contributed by atoms with van der Waals surface area (Å²) in [5.41, 5.74) is -1.21. The average Bonchev–Trinajstić information content (AvgIpc) is 2.17. The number of rotatable bonds is 6. The van der Waals surface area contributed by atoms with Crippen LogP contribution in [0.2, 0.25) is 0 Å². The molecule has 0 rings (SSSR count). The van der Waals surface area contributed by atoms with E-state index in [-0.39, 0.29) is 19.0 Å². The fourth-order valence-corrected chi connectivity index (χ4v) is 0.893. The van der Waals surface area contributed by atoms with Gasteiger partial charge in [-0.05, 0) is 13.3 Å². The van der Waals surface area contributed by atoms with Crippen molar-refractivity contribution in [3.05, 3.63) is 0 Å². The number of amides is 1. The number of carboxylic acid groups (broad SMARTS) is 1. The van der Waals surface area contributed by atoms with Gasteiger partial charge in [0.05, 0.1) is 13.1 Å². The van der Waals surface area contributed by atoms with E-state index in [0.29, 0.717) is 6.42 Å². The predicted molar refractivity (Wildman–Crippen MR) is 56.2 cm³/mol. The van der Waals surface area contributed by atoms with Crippen LogP contribution < -0.4 is 10.6 Å². The molecule has 3 N–H and O–H groups in total. The van der Waals surface area contributed by atoms with Crippen molar-refractivity contribution in [3.63, 3.8) is 0 Å². The van der Waals surface area contributed by atoms with Crippen LogP contribution in [-0.2, 0) is 9.59 Å². The van der Waals surface area contributed by atoms with Crippen molar-refractivity contribution in [1.29, 1.82) is 0 Å². The van der Waals surface area contributed by atoms with E-state index in [1.165, 1.54) is 6.92 Å². The van der Waals surface area contributed by atoms with Crippen molar-refractivity contribution in [2.45, 2.75) is 25.8 Å². The van der Waals surface area contributed by atoms with Crippen LogP contribution in [-0.4, -0.2) is 35.6 Å². The van der Waals surface area contributed by atoms with Gasteiger partial charge in [-0.2, -0.15) is 0 Å². The number of carbonyl (C=O) groups excluding carboxylic acids is 1. The summed E-state index contributed by atoms with van der Waals surface area (Å²) in [7, 11) is 0. The number of hydrogen-bond acceptors (Lipinski definition) is 3. The first kappa shape index (κ1) is 13.5. The molecule has 0 heterocycles. The Morgan fingerprint density at radius 2 is 2.13 bits per heavy atom. The zero-order valence-electron chi connectivity index (χ0n) is 8.96. The fourth-order valence-electron chi connectivity index (χ4n) is 0.893. The molecule has 0 radical (unpaired) electrons. The van der Waals surface area contributed by atoms with Gasteiger partial charge in [-0.15, -0.1) is 6.42 Å². The van der Waals surface area contributed by atoms with E-state index in [1.807, 2.05) is 0 Å². The molecule has 0 aliphatic rings. The number of nitrogens with one attached hydrogen (secondary N) is 2. The highest BCUT2D eigenvalue weighted by Crippen LogP contribution is 2.08. The maximum absolute atomic E-state index is 11.3. The maximum atomic E-state index is 11.3. The molecular weight excluding hydrogens is 196 g/mol. The van der Waals surface area contributed by atoms with Gasteiger partial charge in [0.1, 0.15) is 5.54 Å². The van der Waals surface area contributed by atoms with Crippen molar-refractivity contribution in [2.24, 2.45) is 0 Å². The van der Waals surface area contributed by atoms with Gasteiger partial charge in [0.15, 0.2) is 0 Å². The third-order valence-corrected chi connectivity index (χ3v) is 2.11. The Balaban J connectivity index is 4.15. The normalized spacial score (nSPS) is 13.7. The van der Waals surface area contributed by atoms with Gasteiger partial charge in [0.2, 0.25) is 5.91 Å². The second-order valence-corrected chi connectivity index (χ2v) is 3.35. The Hall–Kier alpha value is -1.54. The number of aliphatic carboxylic acids is 1. The van der Waals surface area contributed by atoms with Crippen molar-refractivity contribution < 1.29 is 14.7 Å². The highest BCUT2D eigenvalue weighted by atomic mass is 16.4. The minimum atomic E-state index is -1.21. The first-order valence-corrected chi connectivity index (χ1v) is 4.65. The summed E-state index contributed by atoms with van der Waals surface area (Å²) in [6.45, 7) is 3.47. The second kappa shape index (κ2) is 6.04. The van der Waals surface area contributed by atoms with Gasteiger partial charge in [0, 0.05) is 0 Å². The molecule has 5 heteroatoms. The van der Waals surface area contributed by atoms with Gasteiger partial charge >= 0.3 is 5.97 Å².